The van der Waals surface area contributed by atoms with Gasteiger partial charge < -0.3 is 14.9 Å². The molecule has 0 spiro atoms. The van der Waals surface area contributed by atoms with Crippen LogP contribution < -0.4 is 0 Å². The van der Waals surface area contributed by atoms with Gasteiger partial charge in [-0.1, -0.05) is 128 Å². The van der Waals surface area contributed by atoms with Crippen LogP contribution >= 0.6 is 0 Å². The third kappa shape index (κ3) is 14.8. The maximum absolute atomic E-state index is 12.4. The Hall–Kier alpha value is -2.49. The number of aryl methyl sites for hydroxylation is 2. The van der Waals surface area contributed by atoms with E-state index in [4.69, 9.17) is 4.74 Å². The Bertz CT molecular complexity index is 931. The van der Waals surface area contributed by atoms with Gasteiger partial charge in [0.05, 0.1) is 6.61 Å². The van der Waals surface area contributed by atoms with Crippen LogP contribution in [0.5, 0.6) is 11.5 Å². The number of carbonyl (C=O) groups excluding carboxylic acids is 1. The van der Waals surface area contributed by atoms with E-state index in [0.29, 0.717) is 13.0 Å². The molecule has 0 fully saturated rings. The standard InChI is InChI=1S/C37H58O4/c1-4-5-6-7-8-9-10-11-12-13-14-15-16-17-18-19-27-41-37(40)22-20-21-34(32-23-25-35(38)30(2)28-32)33-24-26-36(39)31(3)29-33/h23-26,28-29,34,38-39H,4-22,27H2,1-3H3. The summed E-state index contributed by atoms with van der Waals surface area (Å²) in [5, 5.41) is 19.9. The molecule has 41 heavy (non-hydrogen) atoms. The van der Waals surface area contributed by atoms with Crippen molar-refractivity contribution >= 4 is 5.97 Å². The Labute approximate surface area is 250 Å². The normalized spacial score (nSPS) is 11.3. The lowest BCUT2D eigenvalue weighted by Gasteiger charge is -2.20. The minimum atomic E-state index is -0.117. The summed E-state index contributed by atoms with van der Waals surface area (Å²) in [5.74, 6) is 0.536. The average Bonchev–Trinajstić information content (AvgIpc) is 2.96. The van der Waals surface area contributed by atoms with Crippen LogP contribution in [-0.4, -0.2) is 22.8 Å². The van der Waals surface area contributed by atoms with Crippen LogP contribution in [-0.2, 0) is 9.53 Å². The van der Waals surface area contributed by atoms with Crippen molar-refractivity contribution < 1.29 is 19.7 Å². The van der Waals surface area contributed by atoms with Crippen molar-refractivity contribution in [3.8, 4) is 11.5 Å². The molecule has 2 aromatic carbocycles. The molecule has 0 atom stereocenters. The Morgan fingerprint density at radius 1 is 0.634 bits per heavy atom. The number of benzene rings is 2. The van der Waals surface area contributed by atoms with Crippen LogP contribution in [0.25, 0.3) is 0 Å². The van der Waals surface area contributed by atoms with Crippen molar-refractivity contribution in [1.29, 1.82) is 0 Å². The second-order valence-corrected chi connectivity index (χ2v) is 12.1. The highest BCUT2D eigenvalue weighted by molar-refractivity contribution is 5.69. The first-order chi connectivity index (χ1) is 19.9. The molecule has 0 unspecified atom stereocenters. The van der Waals surface area contributed by atoms with Crippen LogP contribution in [0.15, 0.2) is 36.4 Å². The summed E-state index contributed by atoms with van der Waals surface area (Å²) < 4.78 is 5.52. The molecule has 0 heterocycles. The number of carbonyl (C=O) groups is 1. The summed E-state index contributed by atoms with van der Waals surface area (Å²) in [6.45, 7) is 6.59. The highest BCUT2D eigenvalue weighted by atomic mass is 16.5. The number of hydrogen-bond donors (Lipinski definition) is 2. The van der Waals surface area contributed by atoms with E-state index in [1.54, 1.807) is 12.1 Å². The summed E-state index contributed by atoms with van der Waals surface area (Å²) in [6, 6.07) is 11.4. The first-order valence-corrected chi connectivity index (χ1v) is 16.7. The minimum absolute atomic E-state index is 0.0849. The maximum atomic E-state index is 12.4. The van der Waals surface area contributed by atoms with Gasteiger partial charge in [-0.25, -0.2) is 0 Å². The molecule has 2 rings (SSSR count). The van der Waals surface area contributed by atoms with Crippen molar-refractivity contribution in [2.45, 2.75) is 149 Å². The predicted octanol–water partition coefficient (Wildman–Crippen LogP) is 10.8. The molecule has 0 saturated heterocycles. The van der Waals surface area contributed by atoms with Gasteiger partial charge >= 0.3 is 5.97 Å². The number of hydrogen-bond acceptors (Lipinski definition) is 4. The van der Waals surface area contributed by atoms with Gasteiger partial charge in [-0.15, -0.1) is 0 Å². The third-order valence-corrected chi connectivity index (χ3v) is 8.38. The molecule has 2 aromatic rings. The van der Waals surface area contributed by atoms with Crippen LogP contribution in [0.2, 0.25) is 0 Å². The smallest absolute Gasteiger partial charge is 0.305 e. The predicted molar refractivity (Wildman–Crippen MR) is 172 cm³/mol. The molecule has 2 N–H and O–H groups in total. The summed E-state index contributed by atoms with van der Waals surface area (Å²) in [4.78, 5) is 12.4. The van der Waals surface area contributed by atoms with Crippen molar-refractivity contribution in [2.24, 2.45) is 0 Å². The number of esters is 1. The van der Waals surface area contributed by atoms with Gasteiger partial charge in [-0.3, -0.25) is 4.79 Å². The zero-order chi connectivity index (χ0) is 29.7. The SMILES string of the molecule is CCCCCCCCCCCCCCCCCCOC(=O)CCCC(c1ccc(O)c(C)c1)c1ccc(O)c(C)c1. The third-order valence-electron chi connectivity index (χ3n) is 8.38. The molecule has 0 aliphatic heterocycles. The molecule has 0 saturated carbocycles. The fourth-order valence-corrected chi connectivity index (χ4v) is 5.68. The largest absolute Gasteiger partial charge is 0.508 e. The summed E-state index contributed by atoms with van der Waals surface area (Å²) in [7, 11) is 0. The molecule has 4 nitrogen and oxygen atoms in total. The number of phenols is 2. The Morgan fingerprint density at radius 2 is 1.05 bits per heavy atom. The summed E-state index contributed by atoms with van der Waals surface area (Å²) in [5.41, 5.74) is 3.88. The van der Waals surface area contributed by atoms with Crippen LogP contribution in [0, 0.1) is 13.8 Å². The van der Waals surface area contributed by atoms with Crippen molar-refractivity contribution in [2.75, 3.05) is 6.61 Å². The molecular weight excluding hydrogens is 508 g/mol. The van der Waals surface area contributed by atoms with E-state index >= 15 is 0 Å². The van der Waals surface area contributed by atoms with Crippen LogP contribution in [0.4, 0.5) is 0 Å². The van der Waals surface area contributed by atoms with E-state index in [1.807, 2.05) is 38.1 Å². The van der Waals surface area contributed by atoms with Crippen LogP contribution in [0.1, 0.15) is 157 Å². The Kier molecular flexibility index (Phi) is 18.0. The zero-order valence-corrected chi connectivity index (χ0v) is 26.4. The number of aromatic hydroxyl groups is 2. The van der Waals surface area contributed by atoms with E-state index in [0.717, 1.165) is 47.9 Å². The second kappa shape index (κ2) is 21.2. The Morgan fingerprint density at radius 3 is 1.46 bits per heavy atom. The quantitative estimate of drug-likeness (QED) is 0.104. The average molecular weight is 567 g/mol. The van der Waals surface area contributed by atoms with Crippen molar-refractivity contribution in [3.05, 3.63) is 58.7 Å². The van der Waals surface area contributed by atoms with Gasteiger partial charge in [0.25, 0.3) is 0 Å². The van der Waals surface area contributed by atoms with E-state index in [-0.39, 0.29) is 23.4 Å². The molecule has 0 aliphatic carbocycles. The lowest BCUT2D eigenvalue weighted by Crippen LogP contribution is -2.08. The zero-order valence-electron chi connectivity index (χ0n) is 26.4. The van der Waals surface area contributed by atoms with Gasteiger partial charge in [0.2, 0.25) is 0 Å². The van der Waals surface area contributed by atoms with Gasteiger partial charge in [0.15, 0.2) is 0 Å². The molecule has 0 bridgehead atoms. The number of ether oxygens (including phenoxy) is 1. The first kappa shape index (κ1) is 34.7. The molecule has 230 valence electrons. The van der Waals surface area contributed by atoms with Crippen molar-refractivity contribution in [1.82, 2.24) is 0 Å². The highest BCUT2D eigenvalue weighted by Crippen LogP contribution is 2.34. The number of rotatable bonds is 23. The van der Waals surface area contributed by atoms with Crippen LogP contribution in [0.3, 0.4) is 0 Å². The molecule has 0 aromatic heterocycles. The summed E-state index contributed by atoms with van der Waals surface area (Å²) >= 11 is 0. The number of phenolic OH excluding ortho intramolecular Hbond substituents is 2. The molecular formula is C37H58O4. The van der Waals surface area contributed by atoms with E-state index in [1.165, 1.54) is 89.9 Å². The molecule has 4 heteroatoms. The minimum Gasteiger partial charge on any atom is -0.508 e. The lowest BCUT2D eigenvalue weighted by atomic mass is 9.85. The van der Waals surface area contributed by atoms with E-state index in [9.17, 15) is 15.0 Å². The maximum Gasteiger partial charge on any atom is 0.305 e. The fourth-order valence-electron chi connectivity index (χ4n) is 5.68. The molecule has 0 amide bonds. The van der Waals surface area contributed by atoms with E-state index in [2.05, 4.69) is 6.92 Å². The fraction of sp³-hybridized carbons (Fsp3) is 0.649. The van der Waals surface area contributed by atoms with Gasteiger partial charge in [0, 0.05) is 12.3 Å². The second-order valence-electron chi connectivity index (χ2n) is 12.1. The summed E-state index contributed by atoms with van der Waals surface area (Å²) in [6.07, 6.45) is 23.3. The lowest BCUT2D eigenvalue weighted by molar-refractivity contribution is -0.143. The monoisotopic (exact) mass is 566 g/mol. The number of unbranched alkanes of at least 4 members (excludes halogenated alkanes) is 15. The Balaban J connectivity index is 1.54. The van der Waals surface area contributed by atoms with Gasteiger partial charge in [-0.05, 0) is 67.5 Å². The molecule has 0 radical (unpaired) electrons. The van der Waals surface area contributed by atoms with Gasteiger partial charge in [-0.2, -0.15) is 0 Å². The molecule has 0 aliphatic rings. The van der Waals surface area contributed by atoms with Gasteiger partial charge in [0.1, 0.15) is 11.5 Å². The first-order valence-electron chi connectivity index (χ1n) is 16.7. The highest BCUT2D eigenvalue weighted by Gasteiger charge is 2.17. The topological polar surface area (TPSA) is 66.8 Å². The van der Waals surface area contributed by atoms with E-state index < -0.39 is 0 Å². The van der Waals surface area contributed by atoms with Crippen molar-refractivity contribution in [3.63, 3.8) is 0 Å².